The molecule has 7 nitrogen and oxygen atoms in total. The molecule has 21 heavy (non-hydrogen) atoms. The quantitative estimate of drug-likeness (QED) is 0.496. The summed E-state index contributed by atoms with van der Waals surface area (Å²) in [7, 11) is 2.13. The van der Waals surface area contributed by atoms with Crippen LogP contribution in [-0.4, -0.2) is 47.4 Å². The van der Waals surface area contributed by atoms with Crippen LogP contribution in [0.1, 0.15) is 18.9 Å². The molecule has 3 N–H and O–H groups in total. The lowest BCUT2D eigenvalue weighted by molar-refractivity contribution is -0.384. The maximum atomic E-state index is 10.9. The van der Waals surface area contributed by atoms with Crippen molar-refractivity contribution in [3.8, 4) is 0 Å². The molecule has 1 heterocycles. The van der Waals surface area contributed by atoms with Gasteiger partial charge in [-0.15, -0.1) is 0 Å². The van der Waals surface area contributed by atoms with E-state index >= 15 is 0 Å². The number of hydrogen-bond donors (Lipinski definition) is 2. The summed E-state index contributed by atoms with van der Waals surface area (Å²) >= 11 is 0. The van der Waals surface area contributed by atoms with Crippen molar-refractivity contribution >= 4 is 11.4 Å². The Morgan fingerprint density at radius 3 is 2.90 bits per heavy atom. The van der Waals surface area contributed by atoms with Crippen LogP contribution >= 0.6 is 0 Å². The summed E-state index contributed by atoms with van der Waals surface area (Å²) < 4.78 is 0. The zero-order valence-corrected chi connectivity index (χ0v) is 12.6. The molecule has 1 aromatic carbocycles. The summed E-state index contributed by atoms with van der Waals surface area (Å²) in [5, 5.41) is 10.9. The highest BCUT2D eigenvalue weighted by Crippen LogP contribution is 2.24. The number of benzene rings is 1. The number of hydrazine groups is 1. The molecule has 0 radical (unpaired) electrons. The van der Waals surface area contributed by atoms with Gasteiger partial charge >= 0.3 is 0 Å². The Bertz CT molecular complexity index is 508. The van der Waals surface area contributed by atoms with Gasteiger partial charge in [0.1, 0.15) is 0 Å². The van der Waals surface area contributed by atoms with Gasteiger partial charge in [-0.3, -0.25) is 20.9 Å². The summed E-state index contributed by atoms with van der Waals surface area (Å²) in [6.45, 7) is 5.92. The minimum absolute atomic E-state index is 0.101. The van der Waals surface area contributed by atoms with Crippen molar-refractivity contribution in [1.29, 1.82) is 0 Å². The number of non-ortho nitro benzene ring substituents is 1. The topological polar surface area (TPSA) is 87.7 Å². The van der Waals surface area contributed by atoms with Gasteiger partial charge in [-0.25, -0.2) is 0 Å². The lowest BCUT2D eigenvalue weighted by Crippen LogP contribution is -2.37. The number of nitrogens with zero attached hydrogens (tertiary/aromatic N) is 3. The van der Waals surface area contributed by atoms with E-state index in [0.29, 0.717) is 12.6 Å². The van der Waals surface area contributed by atoms with Crippen molar-refractivity contribution in [3.05, 3.63) is 33.9 Å². The Morgan fingerprint density at radius 2 is 2.24 bits per heavy atom. The molecule has 1 fully saturated rings. The van der Waals surface area contributed by atoms with Crippen LogP contribution in [0.4, 0.5) is 11.4 Å². The van der Waals surface area contributed by atoms with E-state index in [4.69, 9.17) is 5.84 Å². The van der Waals surface area contributed by atoms with Crippen molar-refractivity contribution in [2.45, 2.75) is 25.9 Å². The van der Waals surface area contributed by atoms with Crippen LogP contribution in [-0.2, 0) is 6.54 Å². The molecule has 1 aromatic rings. The summed E-state index contributed by atoms with van der Waals surface area (Å²) in [6, 6.07) is 5.15. The van der Waals surface area contributed by atoms with E-state index in [1.165, 1.54) is 6.07 Å². The van der Waals surface area contributed by atoms with Crippen LogP contribution in [0.2, 0.25) is 0 Å². The number of nitrogen functional groups attached to an aromatic ring is 1. The van der Waals surface area contributed by atoms with Crippen molar-refractivity contribution < 1.29 is 4.92 Å². The van der Waals surface area contributed by atoms with Gasteiger partial charge in [-0.2, -0.15) is 0 Å². The number of rotatable bonds is 4. The third kappa shape index (κ3) is 3.90. The predicted octanol–water partition coefficient (Wildman–Crippen LogP) is 1.41. The highest BCUT2D eigenvalue weighted by Gasteiger charge is 2.21. The standard InChI is InChI=1S/C14H23N5O2/c1-11-9-17(2)6-3-7-18(11)10-12-8-13(19(20)21)4-5-14(12)16-15/h4-5,8,11,16H,3,6-7,9-10,15H2,1-2H3. The Kier molecular flexibility index (Phi) is 5.11. The van der Waals surface area contributed by atoms with Crippen LogP contribution < -0.4 is 11.3 Å². The maximum Gasteiger partial charge on any atom is 0.269 e. The molecule has 0 bridgehead atoms. The van der Waals surface area contributed by atoms with Gasteiger partial charge in [0.15, 0.2) is 0 Å². The van der Waals surface area contributed by atoms with Crippen molar-refractivity contribution in [3.63, 3.8) is 0 Å². The first kappa shape index (κ1) is 15.7. The minimum Gasteiger partial charge on any atom is -0.324 e. The van der Waals surface area contributed by atoms with Crippen LogP contribution in [0.25, 0.3) is 0 Å². The number of nitrogens with two attached hydrogens (primary N) is 1. The number of nitro groups is 1. The molecule has 0 aliphatic carbocycles. The lowest BCUT2D eigenvalue weighted by Gasteiger charge is -2.28. The van der Waals surface area contributed by atoms with Gasteiger partial charge in [0, 0.05) is 37.8 Å². The highest BCUT2D eigenvalue weighted by atomic mass is 16.6. The Hall–Kier alpha value is -1.70. The van der Waals surface area contributed by atoms with E-state index in [1.807, 2.05) is 0 Å². The number of nitrogens with one attached hydrogen (secondary N) is 1. The lowest BCUT2D eigenvalue weighted by atomic mass is 10.1. The number of hydrogen-bond acceptors (Lipinski definition) is 6. The second-order valence-electron chi connectivity index (χ2n) is 5.68. The Labute approximate surface area is 124 Å². The van der Waals surface area contributed by atoms with Crippen LogP contribution in [0.15, 0.2) is 18.2 Å². The first-order chi connectivity index (χ1) is 10.0. The summed E-state index contributed by atoms with van der Waals surface area (Å²) in [4.78, 5) is 15.2. The molecule has 1 aliphatic rings. The molecular weight excluding hydrogens is 270 g/mol. The van der Waals surface area contributed by atoms with Crippen molar-refractivity contribution in [2.24, 2.45) is 5.84 Å². The molecule has 0 amide bonds. The molecule has 0 spiro atoms. The summed E-state index contributed by atoms with van der Waals surface area (Å²) in [6.07, 6.45) is 1.10. The second-order valence-corrected chi connectivity index (χ2v) is 5.68. The average molecular weight is 293 g/mol. The van der Waals surface area contributed by atoms with Crippen LogP contribution in [0, 0.1) is 10.1 Å². The van der Waals surface area contributed by atoms with E-state index in [1.54, 1.807) is 12.1 Å². The SMILES string of the molecule is CC1CN(C)CCCN1Cc1cc([N+](=O)[O-])ccc1NN. The van der Waals surface area contributed by atoms with Gasteiger partial charge in [0.2, 0.25) is 0 Å². The van der Waals surface area contributed by atoms with Gasteiger partial charge in [-0.05, 0) is 38.6 Å². The monoisotopic (exact) mass is 293 g/mol. The molecule has 116 valence electrons. The van der Waals surface area contributed by atoms with E-state index < -0.39 is 0 Å². The molecule has 2 rings (SSSR count). The van der Waals surface area contributed by atoms with E-state index in [9.17, 15) is 10.1 Å². The molecule has 7 heteroatoms. The van der Waals surface area contributed by atoms with Crippen LogP contribution in [0.5, 0.6) is 0 Å². The van der Waals surface area contributed by atoms with E-state index in [0.717, 1.165) is 37.3 Å². The highest BCUT2D eigenvalue weighted by molar-refractivity contribution is 5.55. The molecule has 1 aliphatic heterocycles. The second kappa shape index (κ2) is 6.84. The number of likely N-dealkylation sites (N-methyl/N-ethyl adjacent to an activating group) is 1. The number of nitro benzene ring substituents is 1. The Balaban J connectivity index is 2.20. The van der Waals surface area contributed by atoms with Gasteiger partial charge in [0.25, 0.3) is 5.69 Å². The smallest absolute Gasteiger partial charge is 0.269 e. The largest absolute Gasteiger partial charge is 0.324 e. The van der Waals surface area contributed by atoms with E-state index in [2.05, 4.69) is 29.2 Å². The Morgan fingerprint density at radius 1 is 1.48 bits per heavy atom. The third-order valence-electron chi connectivity index (χ3n) is 4.01. The van der Waals surface area contributed by atoms with Crippen LogP contribution in [0.3, 0.4) is 0 Å². The fourth-order valence-corrected chi connectivity index (χ4v) is 2.84. The minimum atomic E-state index is -0.372. The fourth-order valence-electron chi connectivity index (χ4n) is 2.84. The zero-order chi connectivity index (χ0) is 15.4. The maximum absolute atomic E-state index is 10.9. The fraction of sp³-hybridized carbons (Fsp3) is 0.571. The molecular formula is C14H23N5O2. The first-order valence-corrected chi connectivity index (χ1v) is 7.17. The molecule has 1 saturated heterocycles. The summed E-state index contributed by atoms with van der Waals surface area (Å²) in [5.74, 6) is 5.52. The van der Waals surface area contributed by atoms with Crippen molar-refractivity contribution in [1.82, 2.24) is 9.80 Å². The zero-order valence-electron chi connectivity index (χ0n) is 12.6. The first-order valence-electron chi connectivity index (χ1n) is 7.17. The van der Waals surface area contributed by atoms with Crippen molar-refractivity contribution in [2.75, 3.05) is 32.1 Å². The van der Waals surface area contributed by atoms with Gasteiger partial charge in [-0.1, -0.05) is 0 Å². The summed E-state index contributed by atoms with van der Waals surface area (Å²) in [5.41, 5.74) is 4.34. The predicted molar refractivity (Wildman–Crippen MR) is 82.9 cm³/mol. The normalized spacial score (nSPS) is 21.0. The molecule has 1 unspecified atom stereocenters. The molecule has 1 atom stereocenters. The number of anilines is 1. The van der Waals surface area contributed by atoms with Gasteiger partial charge in [0.05, 0.1) is 10.6 Å². The van der Waals surface area contributed by atoms with E-state index in [-0.39, 0.29) is 10.6 Å². The van der Waals surface area contributed by atoms with Gasteiger partial charge < -0.3 is 10.3 Å². The average Bonchev–Trinajstić information content (AvgIpc) is 2.60. The third-order valence-corrected chi connectivity index (χ3v) is 4.01. The molecule has 0 aromatic heterocycles. The molecule has 0 saturated carbocycles.